The number of hydrogen-bond donors (Lipinski definition) is 2. The van der Waals surface area contributed by atoms with Crippen LogP contribution < -0.4 is 10.0 Å². The molecule has 0 spiro atoms. The summed E-state index contributed by atoms with van der Waals surface area (Å²) in [6.07, 6.45) is 0. The lowest BCUT2D eigenvalue weighted by Crippen LogP contribution is -2.54. The highest BCUT2D eigenvalue weighted by molar-refractivity contribution is 7.90. The lowest BCUT2D eigenvalue weighted by Gasteiger charge is -2.33. The fourth-order valence-corrected chi connectivity index (χ4v) is 2.16. The molecule has 0 aromatic heterocycles. The largest absolute Gasteiger partial charge is 0.337 e. The Morgan fingerprint density at radius 3 is 2.80 bits per heavy atom. The number of sulfonamides is 1. The van der Waals surface area contributed by atoms with Crippen molar-refractivity contribution in [3.8, 4) is 0 Å². The Bertz CT molecular complexity index is 328. The predicted molar refractivity (Wildman–Crippen MR) is 56.9 cm³/mol. The molecular weight excluding hydrogens is 218 g/mol. The highest BCUT2D eigenvalue weighted by Crippen LogP contribution is 2.03. The van der Waals surface area contributed by atoms with Crippen molar-refractivity contribution < 1.29 is 13.2 Å². The van der Waals surface area contributed by atoms with Gasteiger partial charge in [-0.25, -0.2) is 13.1 Å². The molecule has 15 heavy (non-hydrogen) atoms. The lowest BCUT2D eigenvalue weighted by molar-refractivity contribution is -0.131. The highest BCUT2D eigenvalue weighted by atomic mass is 32.2. The number of hydrogen-bond acceptors (Lipinski definition) is 4. The minimum absolute atomic E-state index is 0.0540. The molecule has 0 aliphatic carbocycles. The van der Waals surface area contributed by atoms with Crippen molar-refractivity contribution in [3.63, 3.8) is 0 Å². The van der Waals surface area contributed by atoms with Crippen molar-refractivity contribution >= 4 is 15.9 Å². The zero-order valence-electron chi connectivity index (χ0n) is 8.99. The lowest BCUT2D eigenvalue weighted by atomic mass is 10.2. The third kappa shape index (κ3) is 3.44. The maximum Gasteiger partial charge on any atom is 0.239 e. The SMILES string of the molecule is CNS(=O)(=O)CC(=O)N1CCNCC1C. The van der Waals surface area contributed by atoms with E-state index in [1.165, 1.54) is 7.05 Å². The number of nitrogens with one attached hydrogen (secondary N) is 2. The molecule has 1 rings (SSSR count). The number of amides is 1. The minimum Gasteiger partial charge on any atom is -0.337 e. The van der Waals surface area contributed by atoms with Crippen LogP contribution in [0.4, 0.5) is 0 Å². The summed E-state index contributed by atoms with van der Waals surface area (Å²) < 4.78 is 24.5. The maximum atomic E-state index is 11.7. The van der Waals surface area contributed by atoms with Crippen molar-refractivity contribution in [3.05, 3.63) is 0 Å². The molecular formula is C8H17N3O3S. The average Bonchev–Trinajstić information content (AvgIpc) is 2.17. The van der Waals surface area contributed by atoms with Crippen molar-refractivity contribution in [2.24, 2.45) is 0 Å². The number of carbonyl (C=O) groups is 1. The van der Waals surface area contributed by atoms with Crippen LogP contribution in [-0.2, 0) is 14.8 Å². The second kappa shape index (κ2) is 4.91. The van der Waals surface area contributed by atoms with Gasteiger partial charge >= 0.3 is 0 Å². The van der Waals surface area contributed by atoms with Crippen LogP contribution in [0, 0.1) is 0 Å². The first-order valence-corrected chi connectivity index (χ1v) is 6.53. The quantitative estimate of drug-likeness (QED) is 0.615. The van der Waals surface area contributed by atoms with E-state index in [0.717, 1.165) is 6.54 Å². The van der Waals surface area contributed by atoms with Gasteiger partial charge in [-0.15, -0.1) is 0 Å². The number of nitrogens with zero attached hydrogens (tertiary/aromatic N) is 1. The summed E-state index contributed by atoms with van der Waals surface area (Å²) >= 11 is 0. The van der Waals surface area contributed by atoms with Gasteiger partial charge in [0.2, 0.25) is 15.9 Å². The van der Waals surface area contributed by atoms with Gasteiger partial charge in [-0.05, 0) is 14.0 Å². The number of piperazine rings is 1. The van der Waals surface area contributed by atoms with Crippen molar-refractivity contribution in [2.45, 2.75) is 13.0 Å². The molecule has 1 amide bonds. The van der Waals surface area contributed by atoms with Crippen LogP contribution in [0.3, 0.4) is 0 Å². The first-order chi connectivity index (χ1) is 6.96. The smallest absolute Gasteiger partial charge is 0.239 e. The van der Waals surface area contributed by atoms with Gasteiger partial charge in [-0.1, -0.05) is 0 Å². The van der Waals surface area contributed by atoms with E-state index < -0.39 is 15.8 Å². The monoisotopic (exact) mass is 235 g/mol. The van der Waals surface area contributed by atoms with Gasteiger partial charge < -0.3 is 10.2 Å². The second-order valence-electron chi connectivity index (χ2n) is 3.60. The summed E-state index contributed by atoms with van der Waals surface area (Å²) in [7, 11) is -2.14. The van der Waals surface area contributed by atoms with E-state index in [1.54, 1.807) is 4.90 Å². The van der Waals surface area contributed by atoms with E-state index >= 15 is 0 Å². The van der Waals surface area contributed by atoms with Crippen molar-refractivity contribution in [1.82, 2.24) is 14.9 Å². The maximum absolute atomic E-state index is 11.7. The molecule has 0 aromatic rings. The molecule has 2 N–H and O–H groups in total. The Morgan fingerprint density at radius 1 is 1.60 bits per heavy atom. The van der Waals surface area contributed by atoms with E-state index in [0.29, 0.717) is 13.1 Å². The van der Waals surface area contributed by atoms with Crippen molar-refractivity contribution in [1.29, 1.82) is 0 Å². The molecule has 1 aliphatic heterocycles. The van der Waals surface area contributed by atoms with Crippen LogP contribution in [0.1, 0.15) is 6.92 Å². The zero-order chi connectivity index (χ0) is 11.5. The standard InChI is InChI=1S/C8H17N3O3S/c1-7-5-10-3-4-11(7)8(12)6-15(13,14)9-2/h7,9-10H,3-6H2,1-2H3. The molecule has 0 radical (unpaired) electrons. The van der Waals surface area contributed by atoms with Crippen LogP contribution in [0.5, 0.6) is 0 Å². The third-order valence-corrected chi connectivity index (χ3v) is 3.70. The van der Waals surface area contributed by atoms with Crippen LogP contribution in [0.2, 0.25) is 0 Å². The van der Waals surface area contributed by atoms with Crippen LogP contribution in [0.15, 0.2) is 0 Å². The molecule has 1 atom stereocenters. The van der Waals surface area contributed by atoms with Gasteiger partial charge in [0, 0.05) is 25.7 Å². The third-order valence-electron chi connectivity index (χ3n) is 2.45. The summed E-state index contributed by atoms with van der Waals surface area (Å²) in [6.45, 7) is 3.90. The van der Waals surface area contributed by atoms with Gasteiger partial charge in [-0.3, -0.25) is 4.79 Å². The zero-order valence-corrected chi connectivity index (χ0v) is 9.80. The summed E-state index contributed by atoms with van der Waals surface area (Å²) in [6, 6.07) is 0.0540. The molecule has 1 unspecified atom stereocenters. The molecule has 1 aliphatic rings. The van der Waals surface area contributed by atoms with Gasteiger partial charge in [0.05, 0.1) is 0 Å². The Labute approximate surface area is 90.1 Å². The van der Waals surface area contributed by atoms with E-state index in [9.17, 15) is 13.2 Å². The van der Waals surface area contributed by atoms with Crippen LogP contribution in [0.25, 0.3) is 0 Å². The predicted octanol–water partition coefficient (Wildman–Crippen LogP) is -1.64. The average molecular weight is 235 g/mol. The summed E-state index contributed by atoms with van der Waals surface area (Å²) in [5, 5.41) is 3.14. The second-order valence-corrected chi connectivity index (χ2v) is 5.53. The number of carbonyl (C=O) groups excluding carboxylic acids is 1. The molecule has 88 valence electrons. The fraction of sp³-hybridized carbons (Fsp3) is 0.875. The topological polar surface area (TPSA) is 78.5 Å². The molecule has 1 heterocycles. The summed E-state index contributed by atoms with van der Waals surface area (Å²) in [5.41, 5.74) is 0. The Kier molecular flexibility index (Phi) is 4.06. The van der Waals surface area contributed by atoms with Gasteiger partial charge in [-0.2, -0.15) is 0 Å². The Morgan fingerprint density at radius 2 is 2.27 bits per heavy atom. The molecule has 0 bridgehead atoms. The molecule has 1 fully saturated rings. The Balaban J connectivity index is 2.60. The molecule has 7 heteroatoms. The Hall–Kier alpha value is -0.660. The number of rotatable bonds is 3. The first kappa shape index (κ1) is 12.4. The van der Waals surface area contributed by atoms with Crippen LogP contribution in [-0.4, -0.2) is 57.7 Å². The minimum atomic E-state index is -3.45. The van der Waals surface area contributed by atoms with Crippen LogP contribution >= 0.6 is 0 Å². The van der Waals surface area contributed by atoms with Gasteiger partial charge in [0.1, 0.15) is 5.75 Å². The van der Waals surface area contributed by atoms with E-state index in [2.05, 4.69) is 10.0 Å². The van der Waals surface area contributed by atoms with E-state index in [-0.39, 0.29) is 11.9 Å². The molecule has 1 saturated heterocycles. The highest BCUT2D eigenvalue weighted by Gasteiger charge is 2.26. The van der Waals surface area contributed by atoms with E-state index in [1.807, 2.05) is 6.92 Å². The van der Waals surface area contributed by atoms with Gasteiger partial charge in [0.15, 0.2) is 0 Å². The van der Waals surface area contributed by atoms with E-state index in [4.69, 9.17) is 0 Å². The first-order valence-electron chi connectivity index (χ1n) is 4.87. The summed E-state index contributed by atoms with van der Waals surface area (Å²) in [5.74, 6) is -0.799. The molecule has 6 nitrogen and oxygen atoms in total. The summed E-state index contributed by atoms with van der Waals surface area (Å²) in [4.78, 5) is 13.3. The molecule has 0 aromatic carbocycles. The van der Waals surface area contributed by atoms with Gasteiger partial charge in [0.25, 0.3) is 0 Å². The normalized spacial score (nSPS) is 22.8. The van der Waals surface area contributed by atoms with Crippen molar-refractivity contribution in [2.75, 3.05) is 32.4 Å². The fourth-order valence-electron chi connectivity index (χ4n) is 1.53. The molecule has 0 saturated carbocycles.